The number of pyridine rings is 2. The van der Waals surface area contributed by atoms with Crippen molar-refractivity contribution < 1.29 is 24.2 Å². The van der Waals surface area contributed by atoms with E-state index in [4.69, 9.17) is 9.47 Å². The molecule has 0 aliphatic carbocycles. The lowest BCUT2D eigenvalue weighted by Gasteiger charge is -2.29. The second-order valence-electron chi connectivity index (χ2n) is 10.2. The number of likely N-dealkylation sites (tertiary alicyclic amines) is 1. The first-order valence-corrected chi connectivity index (χ1v) is 13.7. The predicted octanol–water partition coefficient (Wildman–Crippen LogP) is 3.36. The lowest BCUT2D eigenvalue weighted by molar-refractivity contribution is -0.143. The van der Waals surface area contributed by atoms with E-state index in [-0.39, 0.29) is 30.7 Å². The average molecular weight is 547 g/mol. The number of ether oxygens (including phenoxy) is 2. The van der Waals surface area contributed by atoms with E-state index >= 15 is 0 Å². The van der Waals surface area contributed by atoms with Crippen LogP contribution in [0, 0.1) is 5.92 Å². The summed E-state index contributed by atoms with van der Waals surface area (Å²) in [6.07, 6.45) is 7.20. The molecule has 3 aromatic rings. The molecule has 2 aromatic heterocycles. The minimum Gasteiger partial charge on any atom is -0.481 e. The number of carboxylic acid groups (broad SMARTS) is 1. The number of fused-ring (bicyclic) bond motifs is 1. The number of rotatable bonds is 11. The van der Waals surface area contributed by atoms with E-state index in [2.05, 4.69) is 11.9 Å². The number of carbonyl (C=O) groups is 2. The number of carboxylic acids is 1. The minimum atomic E-state index is -0.932. The van der Waals surface area contributed by atoms with Gasteiger partial charge in [0.25, 0.3) is 0 Å². The lowest BCUT2D eigenvalue weighted by atomic mass is 9.84. The number of hydrogen-bond acceptors (Lipinski definition) is 7. The smallest absolute Gasteiger partial charge is 0.308 e. The molecule has 0 spiro atoms. The van der Waals surface area contributed by atoms with Gasteiger partial charge in [-0.15, -0.1) is 0 Å². The molecule has 4 heterocycles. The summed E-state index contributed by atoms with van der Waals surface area (Å²) in [5, 5.41) is 10.5. The maximum absolute atomic E-state index is 13.8. The first-order chi connectivity index (χ1) is 19.5. The molecule has 1 amide bonds. The molecule has 210 valence electrons. The Morgan fingerprint density at radius 3 is 2.73 bits per heavy atom. The van der Waals surface area contributed by atoms with Gasteiger partial charge in [-0.3, -0.25) is 24.3 Å². The van der Waals surface area contributed by atoms with Crippen molar-refractivity contribution in [2.45, 2.75) is 44.7 Å². The van der Waals surface area contributed by atoms with Crippen LogP contribution in [0.25, 0.3) is 0 Å². The lowest BCUT2D eigenvalue weighted by Crippen LogP contribution is -2.45. The molecule has 1 unspecified atom stereocenters. The Morgan fingerprint density at radius 2 is 1.98 bits per heavy atom. The van der Waals surface area contributed by atoms with Gasteiger partial charge in [0.15, 0.2) is 11.5 Å². The van der Waals surface area contributed by atoms with Gasteiger partial charge < -0.3 is 24.0 Å². The molecule has 1 N–H and O–H groups in total. The van der Waals surface area contributed by atoms with Gasteiger partial charge >= 0.3 is 5.97 Å². The number of benzene rings is 1. The Morgan fingerprint density at radius 1 is 1.12 bits per heavy atom. The molecule has 0 saturated carbocycles. The van der Waals surface area contributed by atoms with Crippen LogP contribution in [0.4, 0.5) is 5.69 Å². The van der Waals surface area contributed by atoms with Gasteiger partial charge in [0, 0.05) is 50.1 Å². The number of carbonyl (C=O) groups excluding carboxylic acids is 1. The highest BCUT2D eigenvalue weighted by Crippen LogP contribution is 2.42. The van der Waals surface area contributed by atoms with Crippen molar-refractivity contribution in [2.24, 2.45) is 5.92 Å². The van der Waals surface area contributed by atoms with E-state index in [9.17, 15) is 19.5 Å². The van der Waals surface area contributed by atoms with Crippen molar-refractivity contribution in [3.8, 4) is 11.5 Å². The fraction of sp³-hybridized carbons (Fsp3) is 0.400. The molecule has 2 aliphatic rings. The number of aryl methyl sites for hydroxylation is 1. The second-order valence-corrected chi connectivity index (χ2v) is 10.2. The summed E-state index contributed by atoms with van der Waals surface area (Å²) in [6, 6.07) is 13.7. The van der Waals surface area contributed by atoms with Gasteiger partial charge in [-0.1, -0.05) is 25.5 Å². The number of unbranched alkanes of at least 4 members (excludes halogenated alkanes) is 1. The standard InChI is InChI=1S/C30H34N4O6/c1-2-3-14-34(22-7-6-12-31-17-22)28(36)19-33-18-23(21-9-10-25-26(16-21)40-20-39-25)29(30(37)38)24(33)11-15-32-13-5-4-8-27(32)35/h4-10,12-13,16-17,23-24,29H,2-3,11,14-15,18-20H2,1H3,(H,37,38)/t23-,24+,29?/m1/s1. The monoisotopic (exact) mass is 546 g/mol. The van der Waals surface area contributed by atoms with E-state index < -0.39 is 17.9 Å². The third-order valence-electron chi connectivity index (χ3n) is 7.76. The fourth-order valence-electron chi connectivity index (χ4n) is 5.74. The summed E-state index contributed by atoms with van der Waals surface area (Å²) in [4.78, 5) is 46.8. The molecule has 1 fully saturated rings. The number of hydrogen-bond donors (Lipinski definition) is 1. The minimum absolute atomic E-state index is 0.0534. The highest BCUT2D eigenvalue weighted by Gasteiger charge is 2.47. The molecule has 10 nitrogen and oxygen atoms in total. The van der Waals surface area contributed by atoms with Crippen LogP contribution in [0.15, 0.2) is 71.9 Å². The molecule has 2 aliphatic heterocycles. The zero-order valence-electron chi connectivity index (χ0n) is 22.5. The molecule has 10 heteroatoms. The van der Waals surface area contributed by atoms with Gasteiger partial charge in [0.2, 0.25) is 18.3 Å². The first-order valence-electron chi connectivity index (χ1n) is 13.7. The van der Waals surface area contributed by atoms with E-state index in [1.54, 1.807) is 52.3 Å². The Kier molecular flexibility index (Phi) is 8.45. The van der Waals surface area contributed by atoms with Crippen LogP contribution in [0.2, 0.25) is 0 Å². The third kappa shape index (κ3) is 5.86. The molecule has 3 atom stereocenters. The van der Waals surface area contributed by atoms with E-state index in [1.807, 2.05) is 23.1 Å². The zero-order chi connectivity index (χ0) is 28.1. The van der Waals surface area contributed by atoms with Gasteiger partial charge in [-0.2, -0.15) is 0 Å². The van der Waals surface area contributed by atoms with Gasteiger partial charge in [-0.05, 0) is 48.7 Å². The van der Waals surface area contributed by atoms with Crippen molar-refractivity contribution in [1.82, 2.24) is 14.5 Å². The number of nitrogens with zero attached hydrogens (tertiary/aromatic N) is 4. The van der Waals surface area contributed by atoms with Crippen LogP contribution in [-0.2, 0) is 16.1 Å². The van der Waals surface area contributed by atoms with Crippen molar-refractivity contribution in [2.75, 3.05) is 31.3 Å². The molecule has 0 bridgehead atoms. The molecule has 1 aromatic carbocycles. The zero-order valence-corrected chi connectivity index (χ0v) is 22.5. The molecular weight excluding hydrogens is 512 g/mol. The SMILES string of the molecule is CCCCN(C(=O)CN1C[C@H](c2ccc3c(c2)OCO3)C(C(=O)O)[C@@H]1CCn1ccccc1=O)c1cccnc1. The van der Waals surface area contributed by atoms with E-state index in [1.165, 1.54) is 6.07 Å². The van der Waals surface area contributed by atoms with Crippen LogP contribution >= 0.6 is 0 Å². The normalized spacial score (nSPS) is 20.0. The van der Waals surface area contributed by atoms with Crippen LogP contribution in [-0.4, -0.2) is 63.9 Å². The summed E-state index contributed by atoms with van der Waals surface area (Å²) in [6.45, 7) is 3.52. The number of anilines is 1. The predicted molar refractivity (Wildman–Crippen MR) is 149 cm³/mol. The number of aliphatic carboxylic acids is 1. The summed E-state index contributed by atoms with van der Waals surface area (Å²) in [5.41, 5.74) is 1.39. The first kappa shape index (κ1) is 27.4. The largest absolute Gasteiger partial charge is 0.481 e. The van der Waals surface area contributed by atoms with Gasteiger partial charge in [0.1, 0.15) is 0 Å². The molecule has 0 radical (unpaired) electrons. The summed E-state index contributed by atoms with van der Waals surface area (Å²) in [5.74, 6) is -0.985. The van der Waals surface area contributed by atoms with Gasteiger partial charge in [0.05, 0.1) is 24.3 Å². The average Bonchev–Trinajstić information content (AvgIpc) is 3.57. The van der Waals surface area contributed by atoms with Crippen molar-refractivity contribution >= 4 is 17.6 Å². The van der Waals surface area contributed by atoms with E-state index in [0.717, 1.165) is 24.1 Å². The summed E-state index contributed by atoms with van der Waals surface area (Å²) < 4.78 is 12.6. The molecule has 1 saturated heterocycles. The highest BCUT2D eigenvalue weighted by molar-refractivity contribution is 5.94. The molecular formula is C30H34N4O6. The maximum Gasteiger partial charge on any atom is 0.308 e. The van der Waals surface area contributed by atoms with Gasteiger partial charge in [-0.25, -0.2) is 0 Å². The second kappa shape index (κ2) is 12.3. The number of amides is 1. The molecule has 5 rings (SSSR count). The van der Waals surface area contributed by atoms with Crippen molar-refractivity contribution in [3.05, 3.63) is 83.0 Å². The van der Waals surface area contributed by atoms with E-state index in [0.29, 0.717) is 37.6 Å². The Bertz CT molecular complexity index is 1390. The third-order valence-corrected chi connectivity index (χ3v) is 7.76. The van der Waals surface area contributed by atoms with Crippen LogP contribution in [0.3, 0.4) is 0 Å². The van der Waals surface area contributed by atoms with Crippen molar-refractivity contribution in [1.29, 1.82) is 0 Å². The van der Waals surface area contributed by atoms with Crippen molar-refractivity contribution in [3.63, 3.8) is 0 Å². The highest BCUT2D eigenvalue weighted by atomic mass is 16.7. The Hall–Kier alpha value is -4.18. The molecule has 40 heavy (non-hydrogen) atoms. The van der Waals surface area contributed by atoms with Crippen LogP contribution in [0.5, 0.6) is 11.5 Å². The topological polar surface area (TPSA) is 114 Å². The summed E-state index contributed by atoms with van der Waals surface area (Å²) >= 11 is 0. The Balaban J connectivity index is 1.45. The fourth-order valence-corrected chi connectivity index (χ4v) is 5.74. The van der Waals surface area contributed by atoms with Crippen LogP contribution in [0.1, 0.15) is 37.7 Å². The number of aromatic nitrogens is 2. The maximum atomic E-state index is 13.8. The van der Waals surface area contributed by atoms with Crippen LogP contribution < -0.4 is 19.9 Å². The summed E-state index contributed by atoms with van der Waals surface area (Å²) in [7, 11) is 0. The quantitative estimate of drug-likeness (QED) is 0.390. The Labute approximate surface area is 232 Å².